The lowest BCUT2D eigenvalue weighted by atomic mass is 10.1. The van der Waals surface area contributed by atoms with Crippen molar-refractivity contribution in [3.63, 3.8) is 0 Å². The molecule has 0 aliphatic heterocycles. The number of non-ortho nitro benzene ring substituents is 1. The van der Waals surface area contributed by atoms with Crippen LogP contribution in [0.3, 0.4) is 0 Å². The van der Waals surface area contributed by atoms with Crippen LogP contribution in [0.1, 0.15) is 0 Å². The zero-order valence-electron chi connectivity index (χ0n) is 11.3. The van der Waals surface area contributed by atoms with E-state index in [1.165, 1.54) is 24.3 Å². The molecule has 3 aromatic rings. The number of rotatable bonds is 3. The molecule has 1 heterocycles. The maximum atomic E-state index is 12.1. The minimum Gasteiger partial charge on any atom is -0.303 e. The monoisotopic (exact) mass is 294 g/mol. The van der Waals surface area contributed by atoms with Gasteiger partial charge in [-0.1, -0.05) is 30.3 Å². The fraction of sp³-hybridized carbons (Fsp3) is 0. The zero-order valence-corrected chi connectivity index (χ0v) is 11.3. The Morgan fingerprint density at radius 3 is 2.18 bits per heavy atom. The van der Waals surface area contributed by atoms with Gasteiger partial charge in [-0.2, -0.15) is 0 Å². The highest BCUT2D eigenvalue weighted by Crippen LogP contribution is 2.18. The summed E-state index contributed by atoms with van der Waals surface area (Å²) in [5.41, 5.74) is 0.896. The molecule has 7 nitrogen and oxygen atoms in total. The van der Waals surface area contributed by atoms with Crippen LogP contribution < -0.4 is 5.56 Å². The molecular weight excluding hydrogens is 284 g/mol. The lowest BCUT2D eigenvalue weighted by molar-refractivity contribution is -0.384. The number of aromatic nitrogens is 3. The van der Waals surface area contributed by atoms with Gasteiger partial charge in [0.05, 0.1) is 4.92 Å². The van der Waals surface area contributed by atoms with Gasteiger partial charge in [0.15, 0.2) is 11.5 Å². The molecule has 0 unspecified atom stereocenters. The van der Waals surface area contributed by atoms with E-state index >= 15 is 0 Å². The number of H-pyrrole nitrogens is 1. The van der Waals surface area contributed by atoms with Gasteiger partial charge in [0, 0.05) is 23.3 Å². The van der Waals surface area contributed by atoms with E-state index in [1.54, 1.807) is 0 Å². The molecule has 22 heavy (non-hydrogen) atoms. The second kappa shape index (κ2) is 5.57. The molecule has 0 aliphatic carbocycles. The first-order chi connectivity index (χ1) is 10.6. The smallest absolute Gasteiger partial charge is 0.278 e. The summed E-state index contributed by atoms with van der Waals surface area (Å²) < 4.78 is 0. The maximum Gasteiger partial charge on any atom is 0.278 e. The quantitative estimate of drug-likeness (QED) is 0.590. The molecule has 0 spiro atoms. The van der Waals surface area contributed by atoms with Gasteiger partial charge in [0.2, 0.25) is 0 Å². The lowest BCUT2D eigenvalue weighted by Crippen LogP contribution is -2.14. The Labute approximate surface area is 124 Å². The summed E-state index contributed by atoms with van der Waals surface area (Å²) in [4.78, 5) is 24.9. The van der Waals surface area contributed by atoms with Crippen LogP contribution in [0, 0.1) is 10.1 Å². The Morgan fingerprint density at radius 2 is 1.59 bits per heavy atom. The average Bonchev–Trinajstić information content (AvgIpc) is 2.56. The number of nitro benzene ring substituents is 1. The van der Waals surface area contributed by atoms with E-state index in [2.05, 4.69) is 15.2 Å². The summed E-state index contributed by atoms with van der Waals surface area (Å²) in [6.45, 7) is 0. The first kappa shape index (κ1) is 13.6. The highest BCUT2D eigenvalue weighted by atomic mass is 16.6. The van der Waals surface area contributed by atoms with E-state index in [4.69, 9.17) is 0 Å². The molecule has 0 saturated carbocycles. The molecule has 3 rings (SSSR count). The Balaban J connectivity index is 1.99. The number of nitro groups is 1. The summed E-state index contributed by atoms with van der Waals surface area (Å²) in [7, 11) is 0. The van der Waals surface area contributed by atoms with Crippen LogP contribution in [0.15, 0.2) is 59.4 Å². The van der Waals surface area contributed by atoms with Gasteiger partial charge in [0.25, 0.3) is 11.2 Å². The maximum absolute atomic E-state index is 12.1. The SMILES string of the molecule is O=c1[nH]c(-c2ccccc2)nnc1-c1ccc([N+](=O)[O-])cc1. The van der Waals surface area contributed by atoms with E-state index < -0.39 is 10.5 Å². The normalized spacial score (nSPS) is 10.4. The summed E-state index contributed by atoms with van der Waals surface area (Å²) in [5, 5.41) is 18.6. The van der Waals surface area contributed by atoms with E-state index in [0.29, 0.717) is 11.4 Å². The van der Waals surface area contributed by atoms with Crippen LogP contribution in [0.4, 0.5) is 5.69 Å². The van der Waals surface area contributed by atoms with Gasteiger partial charge in [-0.3, -0.25) is 14.9 Å². The van der Waals surface area contributed by atoms with Gasteiger partial charge in [-0.15, -0.1) is 10.2 Å². The first-order valence-electron chi connectivity index (χ1n) is 6.42. The third-order valence-electron chi connectivity index (χ3n) is 3.10. The first-order valence-corrected chi connectivity index (χ1v) is 6.42. The summed E-state index contributed by atoms with van der Waals surface area (Å²) >= 11 is 0. The molecule has 0 atom stereocenters. The molecule has 2 aromatic carbocycles. The molecule has 0 aliphatic rings. The van der Waals surface area contributed by atoms with Crippen LogP contribution in [0.25, 0.3) is 22.6 Å². The van der Waals surface area contributed by atoms with Crippen molar-refractivity contribution in [2.45, 2.75) is 0 Å². The minimum atomic E-state index is -0.502. The Hall–Kier alpha value is -3.35. The van der Waals surface area contributed by atoms with E-state index in [-0.39, 0.29) is 11.4 Å². The Kier molecular flexibility index (Phi) is 3.45. The van der Waals surface area contributed by atoms with Crippen molar-refractivity contribution < 1.29 is 4.92 Å². The third-order valence-corrected chi connectivity index (χ3v) is 3.10. The van der Waals surface area contributed by atoms with Crippen LogP contribution >= 0.6 is 0 Å². The molecule has 108 valence electrons. The number of nitrogens with zero attached hydrogens (tertiary/aromatic N) is 3. The van der Waals surface area contributed by atoms with Crippen LogP contribution in [0.5, 0.6) is 0 Å². The topological polar surface area (TPSA) is 102 Å². The third kappa shape index (κ3) is 2.59. The van der Waals surface area contributed by atoms with Crippen molar-refractivity contribution >= 4 is 5.69 Å². The Bertz CT molecular complexity index is 873. The van der Waals surface area contributed by atoms with Gasteiger partial charge < -0.3 is 4.98 Å². The molecule has 1 aromatic heterocycles. The molecule has 0 bridgehead atoms. The van der Waals surface area contributed by atoms with Crippen molar-refractivity contribution in [2.75, 3.05) is 0 Å². The van der Waals surface area contributed by atoms with E-state index in [9.17, 15) is 14.9 Å². The van der Waals surface area contributed by atoms with Crippen LogP contribution in [-0.2, 0) is 0 Å². The van der Waals surface area contributed by atoms with Crippen molar-refractivity contribution in [1.82, 2.24) is 15.2 Å². The van der Waals surface area contributed by atoms with Gasteiger partial charge >= 0.3 is 0 Å². The second-order valence-corrected chi connectivity index (χ2v) is 4.52. The van der Waals surface area contributed by atoms with Crippen LogP contribution in [0.2, 0.25) is 0 Å². The Morgan fingerprint density at radius 1 is 0.909 bits per heavy atom. The molecule has 0 saturated heterocycles. The number of benzene rings is 2. The molecule has 0 amide bonds. The van der Waals surface area contributed by atoms with Crippen molar-refractivity contribution in [2.24, 2.45) is 0 Å². The van der Waals surface area contributed by atoms with E-state index in [0.717, 1.165) is 5.56 Å². The second-order valence-electron chi connectivity index (χ2n) is 4.52. The zero-order chi connectivity index (χ0) is 15.5. The summed E-state index contributed by atoms with van der Waals surface area (Å²) in [6.07, 6.45) is 0. The predicted octanol–water partition coefficient (Wildman–Crippen LogP) is 2.41. The minimum absolute atomic E-state index is 0.0472. The van der Waals surface area contributed by atoms with Gasteiger partial charge in [0.1, 0.15) is 0 Å². The van der Waals surface area contributed by atoms with Crippen molar-refractivity contribution in [3.8, 4) is 22.6 Å². The number of hydrogen-bond donors (Lipinski definition) is 1. The van der Waals surface area contributed by atoms with Gasteiger partial charge in [-0.25, -0.2) is 0 Å². The fourth-order valence-corrected chi connectivity index (χ4v) is 1.99. The summed E-state index contributed by atoms with van der Waals surface area (Å²) in [5.74, 6) is 0.372. The van der Waals surface area contributed by atoms with E-state index in [1.807, 2.05) is 30.3 Å². The lowest BCUT2D eigenvalue weighted by Gasteiger charge is -2.02. The van der Waals surface area contributed by atoms with Crippen LogP contribution in [-0.4, -0.2) is 20.1 Å². The predicted molar refractivity (Wildman–Crippen MR) is 80.2 cm³/mol. The standard InChI is InChI=1S/C15H10N4O3/c20-15-13(10-6-8-12(9-7-10)19(21)22)17-18-14(16-15)11-4-2-1-3-5-11/h1-9H,(H,16,18,20). The average molecular weight is 294 g/mol. The number of hydrogen-bond acceptors (Lipinski definition) is 5. The molecule has 0 radical (unpaired) electrons. The fourth-order valence-electron chi connectivity index (χ4n) is 1.99. The molecule has 0 fully saturated rings. The molecule has 7 heteroatoms. The highest BCUT2D eigenvalue weighted by Gasteiger charge is 2.11. The largest absolute Gasteiger partial charge is 0.303 e. The van der Waals surface area contributed by atoms with Crippen molar-refractivity contribution in [1.29, 1.82) is 0 Å². The number of nitrogens with one attached hydrogen (secondary N) is 1. The molecule has 1 N–H and O–H groups in total. The summed E-state index contributed by atoms with van der Waals surface area (Å²) in [6, 6.07) is 14.7. The highest BCUT2D eigenvalue weighted by molar-refractivity contribution is 5.61. The van der Waals surface area contributed by atoms with Crippen molar-refractivity contribution in [3.05, 3.63) is 75.1 Å². The molecular formula is C15H10N4O3. The number of aromatic amines is 1. The van der Waals surface area contributed by atoms with Gasteiger partial charge in [-0.05, 0) is 12.1 Å².